The van der Waals surface area contributed by atoms with E-state index >= 15 is 0 Å². The molecule has 0 unspecified atom stereocenters. The van der Waals surface area contributed by atoms with Crippen LogP contribution < -0.4 is 10.2 Å². The van der Waals surface area contributed by atoms with Crippen LogP contribution in [0.3, 0.4) is 0 Å². The lowest BCUT2D eigenvalue weighted by atomic mass is 9.99. The van der Waals surface area contributed by atoms with E-state index < -0.39 is 0 Å². The zero-order valence-corrected chi connectivity index (χ0v) is 13.6. The maximum atomic E-state index is 12.3. The summed E-state index contributed by atoms with van der Waals surface area (Å²) < 4.78 is 1.67. The van der Waals surface area contributed by atoms with Gasteiger partial charge in [-0.05, 0) is 13.0 Å². The fourth-order valence-corrected chi connectivity index (χ4v) is 2.62. The van der Waals surface area contributed by atoms with Gasteiger partial charge < -0.3 is 10.2 Å². The summed E-state index contributed by atoms with van der Waals surface area (Å²) >= 11 is 0. The molecule has 9 nitrogen and oxygen atoms in total. The van der Waals surface area contributed by atoms with Gasteiger partial charge in [0, 0.05) is 37.7 Å². The van der Waals surface area contributed by atoms with Gasteiger partial charge in [-0.2, -0.15) is 5.10 Å². The number of anilines is 2. The highest BCUT2D eigenvalue weighted by atomic mass is 16.2. The zero-order chi connectivity index (χ0) is 17.2. The van der Waals surface area contributed by atoms with Crippen LogP contribution in [0.15, 0.2) is 43.2 Å². The van der Waals surface area contributed by atoms with Crippen molar-refractivity contribution in [1.29, 1.82) is 0 Å². The minimum atomic E-state index is -0.106. The average Bonchev–Trinajstić information content (AvgIpc) is 3.08. The summed E-state index contributed by atoms with van der Waals surface area (Å²) in [4.78, 5) is 31.1. The highest BCUT2D eigenvalue weighted by Gasteiger charge is 2.34. The van der Waals surface area contributed by atoms with Crippen LogP contribution in [0.2, 0.25) is 0 Å². The Morgan fingerprint density at radius 2 is 2.08 bits per heavy atom. The van der Waals surface area contributed by atoms with E-state index in [1.54, 1.807) is 23.3 Å². The molecule has 0 saturated carbocycles. The van der Waals surface area contributed by atoms with Crippen LogP contribution in [0, 0.1) is 12.8 Å². The van der Waals surface area contributed by atoms with Gasteiger partial charge in [-0.3, -0.25) is 9.78 Å². The molecule has 1 saturated heterocycles. The second-order valence-electron chi connectivity index (χ2n) is 5.82. The standard InChI is InChI=1S/C16H16N8O/c1-11-6-17-7-13(21-11)22-16(25)12-8-23(9-12)14-5-15(19-10-18-14)24-4-2-3-20-24/h2-7,10,12H,8-9H2,1H3,(H,21,22,25). The number of rotatable bonds is 4. The molecule has 1 amide bonds. The molecule has 1 fully saturated rings. The Hall–Kier alpha value is -3.36. The first-order valence-corrected chi connectivity index (χ1v) is 7.85. The largest absolute Gasteiger partial charge is 0.355 e. The molecule has 0 radical (unpaired) electrons. The topological polar surface area (TPSA) is 102 Å². The maximum absolute atomic E-state index is 12.3. The van der Waals surface area contributed by atoms with Crippen molar-refractivity contribution < 1.29 is 4.79 Å². The Morgan fingerprint density at radius 3 is 2.84 bits per heavy atom. The van der Waals surface area contributed by atoms with Crippen molar-refractivity contribution >= 4 is 17.5 Å². The Kier molecular flexibility index (Phi) is 3.81. The minimum Gasteiger partial charge on any atom is -0.355 e. The Bertz CT molecular complexity index is 889. The molecular formula is C16H16N8O. The van der Waals surface area contributed by atoms with Crippen LogP contribution in [-0.4, -0.2) is 48.7 Å². The summed E-state index contributed by atoms with van der Waals surface area (Å²) in [7, 11) is 0. The molecule has 25 heavy (non-hydrogen) atoms. The molecule has 9 heteroatoms. The van der Waals surface area contributed by atoms with E-state index in [2.05, 4.69) is 30.4 Å². The molecule has 4 heterocycles. The van der Waals surface area contributed by atoms with Gasteiger partial charge in [0.15, 0.2) is 11.6 Å². The number of hydrogen-bond donors (Lipinski definition) is 1. The number of nitrogens with zero attached hydrogens (tertiary/aromatic N) is 7. The number of nitrogens with one attached hydrogen (secondary N) is 1. The van der Waals surface area contributed by atoms with Gasteiger partial charge in [0.05, 0.1) is 17.8 Å². The summed E-state index contributed by atoms with van der Waals surface area (Å²) in [5.74, 6) is 1.78. The lowest BCUT2D eigenvalue weighted by Crippen LogP contribution is -2.52. The average molecular weight is 336 g/mol. The van der Waals surface area contributed by atoms with E-state index in [0.29, 0.717) is 24.7 Å². The number of aromatic nitrogens is 6. The molecule has 3 aromatic rings. The fourth-order valence-electron chi connectivity index (χ4n) is 2.62. The number of amides is 1. The van der Waals surface area contributed by atoms with E-state index in [4.69, 9.17) is 0 Å². The Balaban J connectivity index is 1.39. The lowest BCUT2D eigenvalue weighted by Gasteiger charge is -2.38. The lowest BCUT2D eigenvalue weighted by molar-refractivity contribution is -0.120. The number of hydrogen-bond acceptors (Lipinski definition) is 7. The van der Waals surface area contributed by atoms with Crippen LogP contribution in [0.5, 0.6) is 0 Å². The van der Waals surface area contributed by atoms with Crippen molar-refractivity contribution in [3.8, 4) is 5.82 Å². The summed E-state index contributed by atoms with van der Waals surface area (Å²) in [6.07, 6.45) is 8.21. The Labute approximate surface area is 143 Å². The highest BCUT2D eigenvalue weighted by Crippen LogP contribution is 2.24. The van der Waals surface area contributed by atoms with Crippen LogP contribution in [0.4, 0.5) is 11.6 Å². The van der Waals surface area contributed by atoms with Crippen molar-refractivity contribution in [3.63, 3.8) is 0 Å². The molecule has 0 aromatic carbocycles. The fraction of sp³-hybridized carbons (Fsp3) is 0.250. The monoisotopic (exact) mass is 336 g/mol. The first-order chi connectivity index (χ1) is 12.2. The third-order valence-corrected chi connectivity index (χ3v) is 3.96. The minimum absolute atomic E-state index is 0.0579. The third-order valence-electron chi connectivity index (χ3n) is 3.96. The predicted octanol–water partition coefficient (Wildman–Crippen LogP) is 0.836. The van der Waals surface area contributed by atoms with Crippen molar-refractivity contribution in [2.75, 3.05) is 23.3 Å². The predicted molar refractivity (Wildman–Crippen MR) is 90.3 cm³/mol. The van der Waals surface area contributed by atoms with Crippen molar-refractivity contribution in [3.05, 3.63) is 48.9 Å². The number of carbonyl (C=O) groups excluding carboxylic acids is 1. The van der Waals surface area contributed by atoms with E-state index in [1.165, 1.54) is 6.33 Å². The van der Waals surface area contributed by atoms with Gasteiger partial charge >= 0.3 is 0 Å². The van der Waals surface area contributed by atoms with Gasteiger partial charge in [-0.1, -0.05) is 0 Å². The quantitative estimate of drug-likeness (QED) is 0.753. The molecule has 126 valence electrons. The molecule has 0 aliphatic carbocycles. The van der Waals surface area contributed by atoms with Crippen molar-refractivity contribution in [2.45, 2.75) is 6.92 Å². The summed E-state index contributed by atoms with van der Waals surface area (Å²) in [6.45, 7) is 3.03. The van der Waals surface area contributed by atoms with E-state index in [1.807, 2.05) is 30.2 Å². The first-order valence-electron chi connectivity index (χ1n) is 7.85. The number of aryl methyl sites for hydroxylation is 1. The van der Waals surface area contributed by atoms with Crippen LogP contribution in [0.1, 0.15) is 5.69 Å². The van der Waals surface area contributed by atoms with E-state index in [0.717, 1.165) is 11.5 Å². The smallest absolute Gasteiger partial charge is 0.232 e. The van der Waals surface area contributed by atoms with Crippen LogP contribution in [-0.2, 0) is 4.79 Å². The van der Waals surface area contributed by atoms with E-state index in [9.17, 15) is 4.79 Å². The van der Waals surface area contributed by atoms with Gasteiger partial charge in [-0.15, -0.1) is 0 Å². The molecule has 1 aliphatic heterocycles. The van der Waals surface area contributed by atoms with Gasteiger partial charge in [0.25, 0.3) is 0 Å². The van der Waals surface area contributed by atoms with E-state index in [-0.39, 0.29) is 11.8 Å². The molecule has 3 aromatic heterocycles. The molecule has 4 rings (SSSR count). The summed E-state index contributed by atoms with van der Waals surface area (Å²) in [6, 6.07) is 3.69. The van der Waals surface area contributed by atoms with Gasteiger partial charge in [0.2, 0.25) is 5.91 Å². The highest BCUT2D eigenvalue weighted by molar-refractivity contribution is 5.93. The number of carbonyl (C=O) groups is 1. The van der Waals surface area contributed by atoms with Crippen LogP contribution >= 0.6 is 0 Å². The SMILES string of the molecule is Cc1cncc(NC(=O)C2CN(c3cc(-n4cccn4)ncn3)C2)n1. The molecule has 0 bridgehead atoms. The second kappa shape index (κ2) is 6.27. The maximum Gasteiger partial charge on any atom is 0.232 e. The zero-order valence-electron chi connectivity index (χ0n) is 13.6. The van der Waals surface area contributed by atoms with Gasteiger partial charge in [-0.25, -0.2) is 19.6 Å². The second-order valence-corrected chi connectivity index (χ2v) is 5.82. The molecular weight excluding hydrogens is 320 g/mol. The third kappa shape index (κ3) is 3.16. The normalized spacial score (nSPS) is 14.2. The summed E-state index contributed by atoms with van der Waals surface area (Å²) in [5, 5.41) is 6.96. The van der Waals surface area contributed by atoms with Crippen molar-refractivity contribution in [2.24, 2.45) is 5.92 Å². The van der Waals surface area contributed by atoms with Crippen LogP contribution in [0.25, 0.3) is 5.82 Å². The first kappa shape index (κ1) is 15.2. The van der Waals surface area contributed by atoms with Crippen molar-refractivity contribution in [1.82, 2.24) is 29.7 Å². The molecule has 1 aliphatic rings. The summed E-state index contributed by atoms with van der Waals surface area (Å²) in [5.41, 5.74) is 0.764. The van der Waals surface area contributed by atoms with Gasteiger partial charge in [0.1, 0.15) is 12.1 Å². The molecule has 1 N–H and O–H groups in total. The molecule has 0 spiro atoms. The Morgan fingerprint density at radius 1 is 1.24 bits per heavy atom. The molecule has 0 atom stereocenters.